The smallest absolute Gasteiger partial charge is 0.251 e. The molecule has 0 radical (unpaired) electrons. The first-order chi connectivity index (χ1) is 15.6. The molecule has 6 heteroatoms. The van der Waals surface area contributed by atoms with E-state index < -0.39 is 5.82 Å². The van der Waals surface area contributed by atoms with Gasteiger partial charge in [-0.2, -0.15) is 11.3 Å². The molecule has 0 bridgehead atoms. The molecule has 1 saturated heterocycles. The summed E-state index contributed by atoms with van der Waals surface area (Å²) < 4.78 is 19.8. The van der Waals surface area contributed by atoms with Crippen LogP contribution < -0.4 is 5.32 Å². The second kappa shape index (κ2) is 8.77. The molecule has 1 aliphatic carbocycles. The van der Waals surface area contributed by atoms with Crippen molar-refractivity contribution in [1.29, 1.82) is 0 Å². The Hall–Kier alpha value is -2.54. The lowest BCUT2D eigenvalue weighted by molar-refractivity contribution is -0.0122. The molecule has 32 heavy (non-hydrogen) atoms. The number of halogens is 1. The van der Waals surface area contributed by atoms with Gasteiger partial charge in [0.25, 0.3) is 5.91 Å². The van der Waals surface area contributed by atoms with Crippen LogP contribution in [-0.4, -0.2) is 37.1 Å². The standard InChI is InChI=1S/C26H27FN2O2S/c1-31-24-23(28-25(30)19-5-4-6-20(27)15-19)21-7-2-3-8-22(21)26(24)10-12-29(13-11-26)16-18-9-14-32-17-18/h2-9,14-15,17,23-24H,10-13,16H2,1H3,(H,28,30)/t23-,24+/m1/s1. The molecule has 2 heterocycles. The van der Waals surface area contributed by atoms with Crippen molar-refractivity contribution in [1.82, 2.24) is 10.2 Å². The normalized spacial score (nSPS) is 22.1. The number of amides is 1. The van der Waals surface area contributed by atoms with E-state index >= 15 is 0 Å². The maximum absolute atomic E-state index is 13.7. The number of fused-ring (bicyclic) bond motifs is 2. The second-order valence-electron chi connectivity index (χ2n) is 8.77. The first-order valence-corrected chi connectivity index (χ1v) is 12.0. The van der Waals surface area contributed by atoms with E-state index in [9.17, 15) is 9.18 Å². The molecule has 2 aromatic carbocycles. The number of likely N-dealkylation sites (tertiary alicyclic amines) is 1. The quantitative estimate of drug-likeness (QED) is 0.600. The molecule has 2 aliphatic rings. The highest BCUT2D eigenvalue weighted by Crippen LogP contribution is 2.52. The van der Waals surface area contributed by atoms with Crippen LogP contribution >= 0.6 is 11.3 Å². The summed E-state index contributed by atoms with van der Waals surface area (Å²) in [7, 11) is 1.73. The van der Waals surface area contributed by atoms with Gasteiger partial charge < -0.3 is 10.1 Å². The molecule has 2 atom stereocenters. The molecule has 3 aromatic rings. The van der Waals surface area contributed by atoms with E-state index in [1.165, 1.54) is 23.3 Å². The number of rotatable bonds is 5. The molecular formula is C26H27FN2O2S. The van der Waals surface area contributed by atoms with Crippen LogP contribution in [0.4, 0.5) is 4.39 Å². The van der Waals surface area contributed by atoms with Crippen molar-refractivity contribution in [2.24, 2.45) is 0 Å². The summed E-state index contributed by atoms with van der Waals surface area (Å²) >= 11 is 1.74. The van der Waals surface area contributed by atoms with Gasteiger partial charge in [-0.25, -0.2) is 4.39 Å². The van der Waals surface area contributed by atoms with Crippen molar-refractivity contribution in [2.75, 3.05) is 20.2 Å². The number of thiophene rings is 1. The Labute approximate surface area is 192 Å². The Morgan fingerprint density at radius 1 is 1.19 bits per heavy atom. The molecule has 1 amide bonds. The first kappa shape index (κ1) is 21.3. The van der Waals surface area contributed by atoms with Gasteiger partial charge in [0, 0.05) is 24.6 Å². The minimum absolute atomic E-state index is 0.142. The number of ether oxygens (including phenoxy) is 1. The molecule has 5 rings (SSSR count). The second-order valence-corrected chi connectivity index (χ2v) is 9.55. The summed E-state index contributed by atoms with van der Waals surface area (Å²) in [5.41, 5.74) is 3.92. The van der Waals surface area contributed by atoms with Crippen LogP contribution in [0.1, 0.15) is 45.9 Å². The molecule has 0 unspecified atom stereocenters. The lowest BCUT2D eigenvalue weighted by Gasteiger charge is -2.44. The third-order valence-corrected chi connectivity index (χ3v) is 7.77. The summed E-state index contributed by atoms with van der Waals surface area (Å²) in [4.78, 5) is 15.5. The van der Waals surface area contributed by atoms with Crippen molar-refractivity contribution >= 4 is 17.2 Å². The number of carbonyl (C=O) groups is 1. The number of hydrogen-bond acceptors (Lipinski definition) is 4. The van der Waals surface area contributed by atoms with Gasteiger partial charge in [-0.1, -0.05) is 30.3 Å². The fourth-order valence-corrected chi connectivity index (χ4v) is 6.19. The fraction of sp³-hybridized carbons (Fsp3) is 0.346. The molecule has 1 aliphatic heterocycles. The van der Waals surface area contributed by atoms with Gasteiger partial charge in [-0.05, 0) is 77.6 Å². The molecule has 166 valence electrons. The van der Waals surface area contributed by atoms with Crippen LogP contribution in [0.3, 0.4) is 0 Å². The highest BCUT2D eigenvalue weighted by atomic mass is 32.1. The average molecular weight is 451 g/mol. The summed E-state index contributed by atoms with van der Waals surface area (Å²) in [5, 5.41) is 7.50. The Morgan fingerprint density at radius 3 is 2.72 bits per heavy atom. The minimum Gasteiger partial charge on any atom is -0.378 e. The molecule has 0 saturated carbocycles. The van der Waals surface area contributed by atoms with Crippen molar-refractivity contribution in [2.45, 2.75) is 36.9 Å². The van der Waals surface area contributed by atoms with Gasteiger partial charge in [0.2, 0.25) is 0 Å². The maximum Gasteiger partial charge on any atom is 0.251 e. The zero-order valence-corrected chi connectivity index (χ0v) is 18.9. The predicted octanol–water partition coefficient (Wildman–Crippen LogP) is 4.92. The van der Waals surface area contributed by atoms with Crippen molar-refractivity contribution in [3.05, 3.63) is 93.4 Å². The molecule has 1 fully saturated rings. The van der Waals surface area contributed by atoms with E-state index in [1.54, 1.807) is 30.6 Å². The van der Waals surface area contributed by atoms with Crippen molar-refractivity contribution in [3.63, 3.8) is 0 Å². The Morgan fingerprint density at radius 2 is 2.00 bits per heavy atom. The van der Waals surface area contributed by atoms with Crippen LogP contribution in [0.15, 0.2) is 65.4 Å². The number of carbonyl (C=O) groups excluding carboxylic acids is 1. The molecule has 1 N–H and O–H groups in total. The van der Waals surface area contributed by atoms with Gasteiger partial charge in [0.05, 0.1) is 12.1 Å². The highest BCUT2D eigenvalue weighted by Gasteiger charge is 2.53. The third-order valence-electron chi connectivity index (χ3n) is 7.04. The molecule has 1 spiro atoms. The topological polar surface area (TPSA) is 41.6 Å². The fourth-order valence-electron chi connectivity index (χ4n) is 5.53. The number of piperidine rings is 1. The van der Waals surface area contributed by atoms with E-state index in [0.717, 1.165) is 38.0 Å². The van der Waals surface area contributed by atoms with Gasteiger partial charge >= 0.3 is 0 Å². The zero-order valence-electron chi connectivity index (χ0n) is 18.1. The summed E-state index contributed by atoms with van der Waals surface area (Å²) in [5.74, 6) is -0.694. The lowest BCUT2D eigenvalue weighted by atomic mass is 9.72. The lowest BCUT2D eigenvalue weighted by Crippen LogP contribution is -2.50. The number of nitrogens with zero attached hydrogens (tertiary/aromatic N) is 1. The van der Waals surface area contributed by atoms with Gasteiger partial charge in [0.1, 0.15) is 5.82 Å². The summed E-state index contributed by atoms with van der Waals surface area (Å²) in [6, 6.07) is 16.1. The largest absolute Gasteiger partial charge is 0.378 e. The third kappa shape index (κ3) is 3.76. The summed E-state index contributed by atoms with van der Waals surface area (Å²) in [6.45, 7) is 2.93. The number of hydrogen-bond donors (Lipinski definition) is 1. The Bertz CT molecular complexity index is 1090. The van der Waals surface area contributed by atoms with E-state index in [2.05, 4.69) is 45.2 Å². The molecule has 4 nitrogen and oxygen atoms in total. The average Bonchev–Trinajstić information content (AvgIpc) is 3.41. The minimum atomic E-state index is -0.415. The summed E-state index contributed by atoms with van der Waals surface area (Å²) in [6.07, 6.45) is 1.78. The van der Waals surface area contributed by atoms with E-state index in [-0.39, 0.29) is 23.5 Å². The van der Waals surface area contributed by atoms with E-state index in [0.29, 0.717) is 5.56 Å². The zero-order chi connectivity index (χ0) is 22.1. The van der Waals surface area contributed by atoms with Crippen molar-refractivity contribution < 1.29 is 13.9 Å². The maximum atomic E-state index is 13.7. The van der Waals surface area contributed by atoms with Crippen LogP contribution in [0.25, 0.3) is 0 Å². The van der Waals surface area contributed by atoms with Gasteiger partial charge in [-0.15, -0.1) is 0 Å². The Kier molecular flexibility index (Phi) is 5.84. The number of nitrogens with one attached hydrogen (secondary N) is 1. The van der Waals surface area contributed by atoms with Gasteiger partial charge in [0.15, 0.2) is 0 Å². The van der Waals surface area contributed by atoms with Crippen LogP contribution in [0, 0.1) is 5.82 Å². The van der Waals surface area contributed by atoms with E-state index in [4.69, 9.17) is 4.74 Å². The van der Waals surface area contributed by atoms with Crippen LogP contribution in [0.2, 0.25) is 0 Å². The monoisotopic (exact) mass is 450 g/mol. The molecular weight excluding hydrogens is 423 g/mol. The number of benzene rings is 2. The highest BCUT2D eigenvalue weighted by molar-refractivity contribution is 7.07. The first-order valence-electron chi connectivity index (χ1n) is 11.0. The molecule has 1 aromatic heterocycles. The van der Waals surface area contributed by atoms with E-state index in [1.807, 2.05) is 6.07 Å². The van der Waals surface area contributed by atoms with Crippen LogP contribution in [-0.2, 0) is 16.7 Å². The number of methoxy groups -OCH3 is 1. The predicted molar refractivity (Wildman–Crippen MR) is 124 cm³/mol. The SMILES string of the molecule is CO[C@H]1[C@H](NC(=O)c2cccc(F)c2)c2ccccc2C12CCN(Cc1ccsc1)CC2. The van der Waals surface area contributed by atoms with Crippen LogP contribution in [0.5, 0.6) is 0 Å². The Balaban J connectivity index is 1.40. The van der Waals surface area contributed by atoms with Crippen molar-refractivity contribution in [3.8, 4) is 0 Å². The van der Waals surface area contributed by atoms with Gasteiger partial charge in [-0.3, -0.25) is 9.69 Å².